The minimum Gasteiger partial charge on any atom is -0.230 e. The highest BCUT2D eigenvalue weighted by Gasteiger charge is 2.74. The Balaban J connectivity index is 1.59. The summed E-state index contributed by atoms with van der Waals surface area (Å²) in [6.45, 7) is 0. The molecule has 2 bridgehead atoms. The summed E-state index contributed by atoms with van der Waals surface area (Å²) in [5.41, 5.74) is 5.78. The van der Waals surface area contributed by atoms with E-state index in [1.807, 2.05) is 0 Å². The van der Waals surface area contributed by atoms with Gasteiger partial charge in [0.15, 0.2) is 0 Å². The fourth-order valence-electron chi connectivity index (χ4n) is 5.49. The van der Waals surface area contributed by atoms with Crippen molar-refractivity contribution in [1.29, 1.82) is 0 Å². The Bertz CT molecular complexity index is 920. The van der Waals surface area contributed by atoms with Gasteiger partial charge in [0.1, 0.15) is 0 Å². The third-order valence-corrected chi connectivity index (χ3v) is 11.5. The van der Waals surface area contributed by atoms with E-state index in [4.69, 9.17) is 16.1 Å². The third kappa shape index (κ3) is 1.71. The molecule has 2 aliphatic carbocycles. The van der Waals surface area contributed by atoms with Gasteiger partial charge >= 0.3 is 0 Å². The highest BCUT2D eigenvalue weighted by Crippen LogP contribution is 2.99. The highest BCUT2D eigenvalue weighted by atomic mass is 33.1. The van der Waals surface area contributed by atoms with Crippen LogP contribution in [-0.2, 0) is 4.75 Å². The van der Waals surface area contributed by atoms with Crippen molar-refractivity contribution in [3.8, 4) is 0 Å². The number of rotatable bonds is 2. The first-order valence-corrected chi connectivity index (χ1v) is 11.9. The molecule has 2 saturated carbocycles. The van der Waals surface area contributed by atoms with Crippen LogP contribution in [0.4, 0.5) is 0 Å². The molecule has 0 spiro atoms. The number of hydrogen-bond donors (Lipinski definition) is 1. The number of benzene rings is 2. The SMILES string of the molecule is SS12N=C3C(=CC1(c1ccccc1)C2c1ccccc1)C1CCC3C1. The minimum atomic E-state index is -1.40. The van der Waals surface area contributed by atoms with Crippen molar-refractivity contribution in [2.24, 2.45) is 16.2 Å². The van der Waals surface area contributed by atoms with E-state index in [1.165, 1.54) is 36.1 Å². The second-order valence-electron chi connectivity index (χ2n) is 7.83. The molecule has 1 saturated heterocycles. The Morgan fingerprint density at radius 1 is 0.920 bits per heavy atom. The molecule has 0 amide bonds. The molecular formula is C22H21NS2. The molecule has 25 heavy (non-hydrogen) atoms. The number of thiol groups is 1. The number of hydrogen-bond acceptors (Lipinski definition) is 2. The van der Waals surface area contributed by atoms with Gasteiger partial charge in [-0.2, -0.15) is 0 Å². The molecule has 2 heterocycles. The molecule has 1 nitrogen and oxygen atoms in total. The van der Waals surface area contributed by atoms with Crippen LogP contribution in [0.3, 0.4) is 0 Å². The van der Waals surface area contributed by atoms with Crippen LogP contribution < -0.4 is 0 Å². The zero-order valence-corrected chi connectivity index (χ0v) is 15.7. The summed E-state index contributed by atoms with van der Waals surface area (Å²) >= 11 is 5.32. The number of fused-ring (bicyclic) bond motifs is 6. The quantitative estimate of drug-likeness (QED) is 0.381. The first-order chi connectivity index (χ1) is 12.2. The predicted molar refractivity (Wildman–Crippen MR) is 110 cm³/mol. The van der Waals surface area contributed by atoms with Gasteiger partial charge in [-0.25, -0.2) is 4.40 Å². The third-order valence-electron chi connectivity index (χ3n) is 6.65. The van der Waals surface area contributed by atoms with Crippen molar-refractivity contribution in [1.82, 2.24) is 0 Å². The Kier molecular flexibility index (Phi) is 2.84. The first-order valence-electron chi connectivity index (χ1n) is 9.21. The van der Waals surface area contributed by atoms with Gasteiger partial charge in [-0.15, -0.1) is 11.7 Å². The van der Waals surface area contributed by atoms with Crippen LogP contribution in [0.1, 0.15) is 35.6 Å². The molecule has 2 aromatic carbocycles. The smallest absolute Gasteiger partial charge is 0.0877 e. The van der Waals surface area contributed by atoms with Gasteiger partial charge in [0, 0.05) is 5.92 Å². The summed E-state index contributed by atoms with van der Waals surface area (Å²) in [6.07, 6.45) is 6.63. The lowest BCUT2D eigenvalue weighted by Crippen LogP contribution is -2.20. The molecule has 4 aliphatic rings. The summed E-state index contributed by atoms with van der Waals surface area (Å²) < 4.78 is 5.42. The van der Waals surface area contributed by atoms with E-state index in [9.17, 15) is 0 Å². The molecule has 0 N–H and O–H groups in total. The van der Waals surface area contributed by atoms with Crippen LogP contribution in [-0.4, -0.2) is 5.71 Å². The second kappa shape index (κ2) is 4.83. The molecule has 2 aliphatic heterocycles. The molecular weight excluding hydrogens is 342 g/mol. The van der Waals surface area contributed by atoms with E-state index in [0.29, 0.717) is 11.2 Å². The van der Waals surface area contributed by atoms with Gasteiger partial charge in [-0.3, -0.25) is 0 Å². The average molecular weight is 364 g/mol. The maximum atomic E-state index is 5.44. The molecule has 2 aromatic rings. The van der Waals surface area contributed by atoms with E-state index in [-0.39, 0.29) is 4.75 Å². The van der Waals surface area contributed by atoms with E-state index in [1.54, 1.807) is 5.57 Å². The normalized spacial score (nSPS) is 42.7. The zero-order chi connectivity index (χ0) is 16.6. The monoisotopic (exact) mass is 363 g/mol. The molecule has 3 heteroatoms. The summed E-state index contributed by atoms with van der Waals surface area (Å²) in [5.74, 6) is 1.46. The fourth-order valence-corrected chi connectivity index (χ4v) is 10.9. The van der Waals surface area contributed by atoms with E-state index < -0.39 is 9.25 Å². The van der Waals surface area contributed by atoms with Crippen molar-refractivity contribution in [2.45, 2.75) is 29.3 Å². The number of allylic oxidation sites excluding steroid dienone is 1. The molecule has 0 radical (unpaired) electrons. The van der Waals surface area contributed by atoms with Crippen LogP contribution in [0, 0.1) is 11.8 Å². The van der Waals surface area contributed by atoms with E-state index in [0.717, 1.165) is 5.92 Å². The minimum absolute atomic E-state index is 0.0119. The standard InChI is InChI=1S/C22H21NS2/c24-25-21(15-7-3-1-4-8-15)22(25,18-9-5-2-6-10-18)14-19-16-11-12-17(13-16)20(19)23-25/h1-10,14,16-17,21,24H,11-13H2. The maximum Gasteiger partial charge on any atom is 0.0877 e. The summed E-state index contributed by atoms with van der Waals surface area (Å²) in [5, 5.41) is 0.400. The van der Waals surface area contributed by atoms with Crippen molar-refractivity contribution >= 4 is 26.6 Å². The largest absolute Gasteiger partial charge is 0.230 e. The van der Waals surface area contributed by atoms with Gasteiger partial charge in [0.2, 0.25) is 0 Å². The van der Waals surface area contributed by atoms with Gasteiger partial charge in [0.25, 0.3) is 0 Å². The fraction of sp³-hybridized carbons (Fsp3) is 0.318. The van der Waals surface area contributed by atoms with Crippen molar-refractivity contribution in [3.05, 3.63) is 83.4 Å². The van der Waals surface area contributed by atoms with E-state index >= 15 is 0 Å². The topological polar surface area (TPSA) is 12.4 Å². The molecule has 6 rings (SSSR count). The Hall–Kier alpha value is -1.45. The van der Waals surface area contributed by atoms with Gasteiger partial charge in [-0.05, 0) is 41.9 Å². The molecule has 3 fully saturated rings. The maximum absolute atomic E-state index is 5.44. The summed E-state index contributed by atoms with van der Waals surface area (Å²) in [7, 11) is -1.40. The van der Waals surface area contributed by atoms with Crippen molar-refractivity contribution < 1.29 is 0 Å². The van der Waals surface area contributed by atoms with Gasteiger partial charge in [0.05, 0.1) is 15.7 Å². The lowest BCUT2D eigenvalue weighted by atomic mass is 9.85. The van der Waals surface area contributed by atoms with E-state index in [2.05, 4.69) is 66.7 Å². The lowest BCUT2D eigenvalue weighted by molar-refractivity contribution is 0.670. The molecule has 5 atom stereocenters. The zero-order valence-electron chi connectivity index (χ0n) is 14.0. The Labute approximate surface area is 155 Å². The van der Waals surface area contributed by atoms with Crippen molar-refractivity contribution in [3.63, 3.8) is 0 Å². The van der Waals surface area contributed by atoms with Crippen LogP contribution in [0.25, 0.3) is 0 Å². The first kappa shape index (κ1) is 14.7. The molecule has 5 unspecified atom stereocenters. The van der Waals surface area contributed by atoms with Gasteiger partial charge < -0.3 is 0 Å². The average Bonchev–Trinajstić information content (AvgIpc) is 2.96. The number of nitrogens with zero attached hydrogens (tertiary/aromatic N) is 1. The van der Waals surface area contributed by atoms with Gasteiger partial charge in [-0.1, -0.05) is 76.0 Å². The summed E-state index contributed by atoms with van der Waals surface area (Å²) in [4.78, 5) is 0. The summed E-state index contributed by atoms with van der Waals surface area (Å²) in [6, 6.07) is 21.9. The molecule has 0 aromatic heterocycles. The second-order valence-corrected chi connectivity index (χ2v) is 12.0. The highest BCUT2D eigenvalue weighted by molar-refractivity contribution is 8.91. The Morgan fingerprint density at radius 2 is 1.60 bits per heavy atom. The van der Waals surface area contributed by atoms with Crippen LogP contribution in [0.2, 0.25) is 0 Å². The van der Waals surface area contributed by atoms with Crippen molar-refractivity contribution in [2.75, 3.05) is 0 Å². The van der Waals surface area contributed by atoms with Crippen LogP contribution in [0.5, 0.6) is 0 Å². The van der Waals surface area contributed by atoms with Crippen LogP contribution in [0.15, 0.2) is 76.7 Å². The Morgan fingerprint density at radius 3 is 2.36 bits per heavy atom. The van der Waals surface area contributed by atoms with Crippen LogP contribution >= 0.6 is 20.9 Å². The lowest BCUT2D eigenvalue weighted by Gasteiger charge is -2.29. The predicted octanol–water partition coefficient (Wildman–Crippen LogP) is 6.01. The molecule has 126 valence electrons.